The molecule has 21 heavy (non-hydrogen) atoms. The molecule has 0 radical (unpaired) electrons. The predicted molar refractivity (Wildman–Crippen MR) is 87.5 cm³/mol. The van der Waals surface area contributed by atoms with Crippen molar-refractivity contribution in [2.75, 3.05) is 51.3 Å². The number of amides is 1. The number of hydrogen-bond donors (Lipinski definition) is 2. The lowest BCUT2D eigenvalue weighted by atomic mass is 10.3. The lowest BCUT2D eigenvalue weighted by Crippen LogP contribution is -2.41. The third-order valence-corrected chi connectivity index (χ3v) is 3.91. The van der Waals surface area contributed by atoms with Gasteiger partial charge in [-0.05, 0) is 24.3 Å². The number of morpholine rings is 1. The molecule has 2 rings (SSSR count). The van der Waals surface area contributed by atoms with Gasteiger partial charge in [0.1, 0.15) is 0 Å². The van der Waals surface area contributed by atoms with Crippen LogP contribution < -0.4 is 10.6 Å². The molecule has 1 aliphatic rings. The average Bonchev–Trinajstić information content (AvgIpc) is 2.50. The van der Waals surface area contributed by atoms with Crippen molar-refractivity contribution < 1.29 is 9.53 Å². The van der Waals surface area contributed by atoms with E-state index in [1.165, 1.54) is 0 Å². The van der Waals surface area contributed by atoms with E-state index < -0.39 is 0 Å². The van der Waals surface area contributed by atoms with Crippen LogP contribution >= 0.6 is 15.9 Å². The van der Waals surface area contributed by atoms with Gasteiger partial charge in [-0.15, -0.1) is 0 Å². The maximum Gasteiger partial charge on any atom is 0.221 e. The fourth-order valence-electron chi connectivity index (χ4n) is 2.15. The molecule has 1 fully saturated rings. The Labute approximate surface area is 134 Å². The number of hydrogen-bond acceptors (Lipinski definition) is 4. The summed E-state index contributed by atoms with van der Waals surface area (Å²) in [6.07, 6.45) is 0.485. The monoisotopic (exact) mass is 355 g/mol. The standard InChI is InChI=1S/C15H22BrN3O2/c16-13-1-3-14(4-2-13)17-6-5-15(20)18-7-8-19-9-11-21-12-10-19/h1-4,17H,5-12H2,(H,18,20). The first-order chi connectivity index (χ1) is 10.2. The molecule has 0 saturated carbocycles. The van der Waals surface area contributed by atoms with E-state index in [0.717, 1.165) is 43.0 Å². The molecule has 0 spiro atoms. The van der Waals surface area contributed by atoms with Gasteiger partial charge in [0, 0.05) is 49.3 Å². The van der Waals surface area contributed by atoms with Crippen molar-refractivity contribution in [2.45, 2.75) is 6.42 Å². The van der Waals surface area contributed by atoms with Gasteiger partial charge in [0.15, 0.2) is 0 Å². The topological polar surface area (TPSA) is 53.6 Å². The van der Waals surface area contributed by atoms with Crippen LogP contribution in [0.15, 0.2) is 28.7 Å². The molecule has 1 aromatic rings. The van der Waals surface area contributed by atoms with Crippen LogP contribution in [-0.2, 0) is 9.53 Å². The smallest absolute Gasteiger partial charge is 0.221 e. The third kappa shape index (κ3) is 6.46. The molecule has 1 aliphatic heterocycles. The lowest BCUT2D eigenvalue weighted by molar-refractivity contribution is -0.120. The Kier molecular flexibility index (Phi) is 6.99. The van der Waals surface area contributed by atoms with E-state index >= 15 is 0 Å². The Morgan fingerprint density at radius 1 is 1.19 bits per heavy atom. The minimum atomic E-state index is 0.0906. The normalized spacial score (nSPS) is 15.7. The second-order valence-corrected chi connectivity index (χ2v) is 5.90. The number of halogens is 1. The number of nitrogens with zero attached hydrogens (tertiary/aromatic N) is 1. The molecule has 0 unspecified atom stereocenters. The molecule has 6 heteroatoms. The summed E-state index contributed by atoms with van der Waals surface area (Å²) >= 11 is 3.39. The van der Waals surface area contributed by atoms with Gasteiger partial charge in [-0.3, -0.25) is 9.69 Å². The Bertz CT molecular complexity index is 433. The highest BCUT2D eigenvalue weighted by molar-refractivity contribution is 9.10. The quantitative estimate of drug-likeness (QED) is 0.781. The largest absolute Gasteiger partial charge is 0.385 e. The summed E-state index contributed by atoms with van der Waals surface area (Å²) < 4.78 is 6.34. The van der Waals surface area contributed by atoms with Gasteiger partial charge in [0.2, 0.25) is 5.91 Å². The first kappa shape index (κ1) is 16.3. The minimum Gasteiger partial charge on any atom is -0.385 e. The molecular formula is C15H22BrN3O2. The zero-order valence-corrected chi connectivity index (χ0v) is 13.7. The van der Waals surface area contributed by atoms with Crippen molar-refractivity contribution in [3.63, 3.8) is 0 Å². The van der Waals surface area contributed by atoms with Gasteiger partial charge in [-0.2, -0.15) is 0 Å². The summed E-state index contributed by atoms with van der Waals surface area (Å²) in [4.78, 5) is 14.0. The van der Waals surface area contributed by atoms with Crippen LogP contribution in [0, 0.1) is 0 Å². The van der Waals surface area contributed by atoms with Gasteiger partial charge in [0.25, 0.3) is 0 Å². The summed E-state index contributed by atoms with van der Waals surface area (Å²) in [6, 6.07) is 7.93. The zero-order chi connectivity index (χ0) is 14.9. The highest BCUT2D eigenvalue weighted by atomic mass is 79.9. The van der Waals surface area contributed by atoms with E-state index in [1.54, 1.807) is 0 Å². The SMILES string of the molecule is O=C(CCNc1ccc(Br)cc1)NCCN1CCOCC1. The predicted octanol–water partition coefficient (Wildman–Crippen LogP) is 1.70. The van der Waals surface area contributed by atoms with Crippen LogP contribution in [0.3, 0.4) is 0 Å². The van der Waals surface area contributed by atoms with Gasteiger partial charge in [0.05, 0.1) is 13.2 Å². The molecule has 1 aromatic carbocycles. The molecule has 0 aliphatic carbocycles. The van der Waals surface area contributed by atoms with E-state index in [-0.39, 0.29) is 5.91 Å². The fraction of sp³-hybridized carbons (Fsp3) is 0.533. The second-order valence-electron chi connectivity index (χ2n) is 4.99. The Morgan fingerprint density at radius 3 is 2.62 bits per heavy atom. The molecule has 5 nitrogen and oxygen atoms in total. The van der Waals surface area contributed by atoms with Crippen LogP contribution in [0.5, 0.6) is 0 Å². The van der Waals surface area contributed by atoms with Crippen LogP contribution in [0.1, 0.15) is 6.42 Å². The van der Waals surface area contributed by atoms with Crippen molar-refractivity contribution in [1.29, 1.82) is 0 Å². The fourth-order valence-corrected chi connectivity index (χ4v) is 2.42. The van der Waals surface area contributed by atoms with E-state index in [4.69, 9.17) is 4.74 Å². The molecule has 1 saturated heterocycles. The number of carbonyl (C=O) groups excluding carboxylic acids is 1. The number of ether oxygens (including phenoxy) is 1. The van der Waals surface area contributed by atoms with E-state index in [1.807, 2.05) is 24.3 Å². The van der Waals surface area contributed by atoms with E-state index in [9.17, 15) is 4.79 Å². The number of benzene rings is 1. The lowest BCUT2D eigenvalue weighted by Gasteiger charge is -2.26. The first-order valence-corrected chi connectivity index (χ1v) is 8.09. The molecule has 0 aromatic heterocycles. The molecule has 1 amide bonds. The molecular weight excluding hydrogens is 334 g/mol. The van der Waals surface area contributed by atoms with Gasteiger partial charge in [-0.25, -0.2) is 0 Å². The molecule has 0 bridgehead atoms. The number of rotatable bonds is 7. The molecule has 0 atom stereocenters. The van der Waals surface area contributed by atoms with Crippen molar-refractivity contribution in [1.82, 2.24) is 10.2 Å². The van der Waals surface area contributed by atoms with Crippen molar-refractivity contribution in [2.24, 2.45) is 0 Å². The zero-order valence-electron chi connectivity index (χ0n) is 12.1. The Balaban J connectivity index is 1.54. The summed E-state index contributed by atoms with van der Waals surface area (Å²) in [7, 11) is 0. The van der Waals surface area contributed by atoms with Crippen LogP contribution in [-0.4, -0.2) is 56.7 Å². The Hall–Kier alpha value is -1.11. The average molecular weight is 356 g/mol. The molecule has 2 N–H and O–H groups in total. The van der Waals surface area contributed by atoms with Crippen LogP contribution in [0.25, 0.3) is 0 Å². The highest BCUT2D eigenvalue weighted by Crippen LogP contribution is 2.13. The Morgan fingerprint density at radius 2 is 1.90 bits per heavy atom. The minimum absolute atomic E-state index is 0.0906. The molecule has 1 heterocycles. The van der Waals surface area contributed by atoms with Gasteiger partial charge >= 0.3 is 0 Å². The van der Waals surface area contributed by atoms with Gasteiger partial charge in [-0.1, -0.05) is 15.9 Å². The number of carbonyl (C=O) groups is 1. The summed E-state index contributed by atoms with van der Waals surface area (Å²) in [5, 5.41) is 6.19. The first-order valence-electron chi connectivity index (χ1n) is 7.30. The van der Waals surface area contributed by atoms with Crippen molar-refractivity contribution in [3.8, 4) is 0 Å². The maximum absolute atomic E-state index is 11.7. The third-order valence-electron chi connectivity index (χ3n) is 3.38. The summed E-state index contributed by atoms with van der Waals surface area (Å²) in [5.74, 6) is 0.0906. The number of anilines is 1. The summed E-state index contributed by atoms with van der Waals surface area (Å²) in [6.45, 7) is 5.76. The van der Waals surface area contributed by atoms with Crippen LogP contribution in [0.4, 0.5) is 5.69 Å². The summed E-state index contributed by atoms with van der Waals surface area (Å²) in [5.41, 5.74) is 1.03. The highest BCUT2D eigenvalue weighted by Gasteiger charge is 2.09. The van der Waals surface area contributed by atoms with E-state index in [2.05, 4.69) is 31.5 Å². The van der Waals surface area contributed by atoms with Crippen molar-refractivity contribution >= 4 is 27.5 Å². The maximum atomic E-state index is 11.7. The molecule has 116 valence electrons. The van der Waals surface area contributed by atoms with Crippen molar-refractivity contribution in [3.05, 3.63) is 28.7 Å². The second kappa shape index (κ2) is 9.02. The van der Waals surface area contributed by atoms with Gasteiger partial charge < -0.3 is 15.4 Å². The number of nitrogens with one attached hydrogen (secondary N) is 2. The van der Waals surface area contributed by atoms with Crippen LogP contribution in [0.2, 0.25) is 0 Å². The van der Waals surface area contributed by atoms with E-state index in [0.29, 0.717) is 19.5 Å².